The van der Waals surface area contributed by atoms with Crippen molar-refractivity contribution in [2.24, 2.45) is 0 Å². The van der Waals surface area contributed by atoms with E-state index in [1.165, 1.54) is 12.1 Å². The maximum atomic E-state index is 13.5. The maximum Gasteiger partial charge on any atom is 0.262 e. The highest BCUT2D eigenvalue weighted by Gasteiger charge is 2.18. The summed E-state index contributed by atoms with van der Waals surface area (Å²) in [7, 11) is -3.82. The van der Waals surface area contributed by atoms with E-state index < -0.39 is 15.8 Å². The molecule has 6 heteroatoms. The van der Waals surface area contributed by atoms with E-state index in [2.05, 4.69) is 20.7 Å². The number of benzene rings is 2. The molecule has 112 valence electrons. The molecule has 0 radical (unpaired) electrons. The van der Waals surface area contributed by atoms with Crippen molar-refractivity contribution < 1.29 is 12.8 Å². The minimum absolute atomic E-state index is 0.109. The number of para-hydroxylation sites is 1. The molecule has 0 saturated heterocycles. The second kappa shape index (κ2) is 6.15. The Morgan fingerprint density at radius 1 is 1.14 bits per heavy atom. The summed E-state index contributed by atoms with van der Waals surface area (Å²) in [6, 6.07) is 10.9. The van der Waals surface area contributed by atoms with Gasteiger partial charge in [0.1, 0.15) is 5.82 Å². The Labute approximate surface area is 132 Å². The standard InChI is InChI=1S/C15H15BrFNO2S/c1-10(2)12-5-3-4-6-15(12)18-21(19,20)11-7-8-13(16)14(17)9-11/h3-10,18H,1-2H3. The first-order valence-electron chi connectivity index (χ1n) is 6.38. The van der Waals surface area contributed by atoms with Gasteiger partial charge in [-0.05, 0) is 51.7 Å². The third kappa shape index (κ3) is 3.63. The first-order chi connectivity index (χ1) is 9.81. The Kier molecular flexibility index (Phi) is 4.68. The predicted octanol–water partition coefficient (Wildman–Crippen LogP) is 4.51. The van der Waals surface area contributed by atoms with Crippen LogP contribution in [0.15, 0.2) is 51.8 Å². The third-order valence-electron chi connectivity index (χ3n) is 3.03. The Bertz CT molecular complexity index is 760. The molecule has 2 rings (SSSR count). The van der Waals surface area contributed by atoms with Gasteiger partial charge in [0, 0.05) is 0 Å². The molecule has 0 bridgehead atoms. The summed E-state index contributed by atoms with van der Waals surface area (Å²) in [4.78, 5) is -0.109. The fraction of sp³-hybridized carbons (Fsp3) is 0.200. The Balaban J connectivity index is 2.40. The van der Waals surface area contributed by atoms with Crippen LogP contribution in [0.2, 0.25) is 0 Å². The molecule has 3 nitrogen and oxygen atoms in total. The molecule has 2 aromatic carbocycles. The molecule has 2 aromatic rings. The summed E-state index contributed by atoms with van der Waals surface area (Å²) in [6.07, 6.45) is 0. The lowest BCUT2D eigenvalue weighted by atomic mass is 10.0. The van der Waals surface area contributed by atoms with E-state index in [4.69, 9.17) is 0 Å². The van der Waals surface area contributed by atoms with Gasteiger partial charge >= 0.3 is 0 Å². The lowest BCUT2D eigenvalue weighted by Gasteiger charge is -2.15. The summed E-state index contributed by atoms with van der Waals surface area (Å²) in [5, 5.41) is 0. The highest BCUT2D eigenvalue weighted by Crippen LogP contribution is 2.27. The van der Waals surface area contributed by atoms with E-state index in [1.807, 2.05) is 26.0 Å². The number of nitrogens with one attached hydrogen (secondary N) is 1. The molecule has 21 heavy (non-hydrogen) atoms. The Hall–Kier alpha value is -1.40. The van der Waals surface area contributed by atoms with Gasteiger partial charge in [-0.25, -0.2) is 12.8 Å². The summed E-state index contributed by atoms with van der Waals surface area (Å²) >= 11 is 3.00. The lowest BCUT2D eigenvalue weighted by Crippen LogP contribution is -2.14. The van der Waals surface area contributed by atoms with Gasteiger partial charge < -0.3 is 0 Å². The predicted molar refractivity (Wildman–Crippen MR) is 85.4 cm³/mol. The molecule has 0 heterocycles. The van der Waals surface area contributed by atoms with E-state index in [0.29, 0.717) is 5.69 Å². The van der Waals surface area contributed by atoms with Crippen molar-refractivity contribution in [3.8, 4) is 0 Å². The number of halogens is 2. The van der Waals surface area contributed by atoms with Crippen LogP contribution in [-0.4, -0.2) is 8.42 Å². The van der Waals surface area contributed by atoms with Crippen LogP contribution < -0.4 is 4.72 Å². The average Bonchev–Trinajstić information content (AvgIpc) is 2.41. The highest BCUT2D eigenvalue weighted by molar-refractivity contribution is 9.10. The van der Waals surface area contributed by atoms with E-state index >= 15 is 0 Å². The van der Waals surface area contributed by atoms with Crippen LogP contribution in [0, 0.1) is 5.82 Å². The zero-order valence-electron chi connectivity index (χ0n) is 11.6. The molecule has 0 amide bonds. The zero-order valence-corrected chi connectivity index (χ0v) is 14.0. The molecule has 0 aliphatic heterocycles. The van der Waals surface area contributed by atoms with Crippen molar-refractivity contribution >= 4 is 31.6 Å². The molecule has 0 saturated carbocycles. The van der Waals surface area contributed by atoms with Crippen molar-refractivity contribution in [1.29, 1.82) is 0 Å². The van der Waals surface area contributed by atoms with Crippen LogP contribution in [0.4, 0.5) is 10.1 Å². The number of hydrogen-bond acceptors (Lipinski definition) is 2. The molecule has 1 N–H and O–H groups in total. The second-order valence-electron chi connectivity index (χ2n) is 4.92. The molecule has 0 aromatic heterocycles. The van der Waals surface area contributed by atoms with Crippen molar-refractivity contribution in [3.63, 3.8) is 0 Å². The Morgan fingerprint density at radius 3 is 2.43 bits per heavy atom. The molecule has 0 atom stereocenters. The first kappa shape index (κ1) is 16.0. The fourth-order valence-corrected chi connectivity index (χ4v) is 3.29. The van der Waals surface area contributed by atoms with Gasteiger partial charge in [0.2, 0.25) is 0 Å². The van der Waals surface area contributed by atoms with Crippen molar-refractivity contribution in [2.75, 3.05) is 4.72 Å². The molecular formula is C15H15BrFNO2S. The van der Waals surface area contributed by atoms with Gasteiger partial charge in [-0.1, -0.05) is 32.0 Å². The van der Waals surface area contributed by atoms with Gasteiger partial charge in [-0.3, -0.25) is 4.72 Å². The Morgan fingerprint density at radius 2 is 1.81 bits per heavy atom. The topological polar surface area (TPSA) is 46.2 Å². The summed E-state index contributed by atoms with van der Waals surface area (Å²) in [5.74, 6) is -0.444. The summed E-state index contributed by atoms with van der Waals surface area (Å²) in [6.45, 7) is 3.96. The van der Waals surface area contributed by atoms with Crippen LogP contribution in [0.3, 0.4) is 0 Å². The summed E-state index contributed by atoms with van der Waals surface area (Å²) < 4.78 is 41.0. The number of anilines is 1. The van der Waals surface area contributed by atoms with E-state index in [9.17, 15) is 12.8 Å². The smallest absolute Gasteiger partial charge is 0.262 e. The third-order valence-corrected chi connectivity index (χ3v) is 5.03. The quantitative estimate of drug-likeness (QED) is 0.858. The molecule has 0 spiro atoms. The lowest BCUT2D eigenvalue weighted by molar-refractivity contribution is 0.593. The van der Waals surface area contributed by atoms with Crippen molar-refractivity contribution in [2.45, 2.75) is 24.7 Å². The van der Waals surface area contributed by atoms with Gasteiger partial charge in [0.15, 0.2) is 0 Å². The zero-order chi connectivity index (χ0) is 15.6. The van der Waals surface area contributed by atoms with E-state index in [0.717, 1.165) is 11.6 Å². The van der Waals surface area contributed by atoms with E-state index in [1.54, 1.807) is 12.1 Å². The largest absolute Gasteiger partial charge is 0.279 e. The number of sulfonamides is 1. The number of rotatable bonds is 4. The van der Waals surface area contributed by atoms with Crippen LogP contribution in [0.25, 0.3) is 0 Å². The average molecular weight is 372 g/mol. The molecule has 0 aliphatic carbocycles. The minimum atomic E-state index is -3.82. The fourth-order valence-electron chi connectivity index (χ4n) is 1.94. The van der Waals surface area contributed by atoms with Gasteiger partial charge in [-0.15, -0.1) is 0 Å². The molecular weight excluding hydrogens is 357 g/mol. The van der Waals surface area contributed by atoms with Gasteiger partial charge in [0.25, 0.3) is 10.0 Å². The van der Waals surface area contributed by atoms with Crippen LogP contribution in [0.5, 0.6) is 0 Å². The normalized spacial score (nSPS) is 11.7. The number of hydrogen-bond donors (Lipinski definition) is 1. The monoisotopic (exact) mass is 371 g/mol. The molecule has 0 unspecified atom stereocenters. The first-order valence-corrected chi connectivity index (χ1v) is 8.65. The maximum absolute atomic E-state index is 13.5. The van der Waals surface area contributed by atoms with Crippen LogP contribution in [-0.2, 0) is 10.0 Å². The minimum Gasteiger partial charge on any atom is -0.279 e. The second-order valence-corrected chi connectivity index (χ2v) is 7.46. The van der Waals surface area contributed by atoms with Crippen molar-refractivity contribution in [3.05, 3.63) is 58.3 Å². The van der Waals surface area contributed by atoms with Gasteiger partial charge in [0.05, 0.1) is 15.1 Å². The van der Waals surface area contributed by atoms with Crippen molar-refractivity contribution in [1.82, 2.24) is 0 Å². The SMILES string of the molecule is CC(C)c1ccccc1NS(=O)(=O)c1ccc(Br)c(F)c1. The summed E-state index contributed by atoms with van der Waals surface area (Å²) in [5.41, 5.74) is 1.40. The highest BCUT2D eigenvalue weighted by atomic mass is 79.9. The van der Waals surface area contributed by atoms with Gasteiger partial charge in [-0.2, -0.15) is 0 Å². The molecule has 0 fully saturated rings. The molecule has 0 aliphatic rings. The van der Waals surface area contributed by atoms with Crippen LogP contribution >= 0.6 is 15.9 Å². The van der Waals surface area contributed by atoms with E-state index in [-0.39, 0.29) is 15.3 Å². The van der Waals surface area contributed by atoms with Crippen LogP contribution in [0.1, 0.15) is 25.3 Å².